The quantitative estimate of drug-likeness (QED) is 0.656. The van der Waals surface area contributed by atoms with Crippen molar-refractivity contribution in [3.8, 4) is 11.3 Å². The van der Waals surface area contributed by atoms with Crippen molar-refractivity contribution in [3.63, 3.8) is 0 Å². The summed E-state index contributed by atoms with van der Waals surface area (Å²) in [6.45, 7) is 4.00. The molecule has 1 saturated carbocycles. The van der Waals surface area contributed by atoms with Gasteiger partial charge in [0.15, 0.2) is 0 Å². The second-order valence-electron chi connectivity index (χ2n) is 8.03. The summed E-state index contributed by atoms with van der Waals surface area (Å²) in [7, 11) is 0. The first-order valence-corrected chi connectivity index (χ1v) is 9.70. The number of aromatic nitrogens is 2. The standard InChI is InChI=1S/C22H23N5O/c1-13-4-2-3-5-15(13)18-8-14-9-19(25-11-16(14)20(23)26-18)27-21(28)17-10-22(17)6-7-24-12-22/h2-5,8-9,11,17,24H,6-7,10,12H2,1H3,(H2,23,26)(H,25,27,28)/t17-,22-/m0/s1. The van der Waals surface area contributed by atoms with Gasteiger partial charge in [0.1, 0.15) is 11.6 Å². The van der Waals surface area contributed by atoms with Crippen LogP contribution >= 0.6 is 0 Å². The van der Waals surface area contributed by atoms with E-state index in [0.29, 0.717) is 11.6 Å². The molecule has 142 valence electrons. The highest BCUT2D eigenvalue weighted by atomic mass is 16.2. The number of carbonyl (C=O) groups excluding carboxylic acids is 1. The normalized spacial score (nSPS) is 23.2. The number of aryl methyl sites for hydroxylation is 1. The highest BCUT2D eigenvalue weighted by molar-refractivity contribution is 5.98. The van der Waals surface area contributed by atoms with Crippen molar-refractivity contribution in [3.05, 3.63) is 48.2 Å². The lowest BCUT2D eigenvalue weighted by Gasteiger charge is -2.11. The largest absolute Gasteiger partial charge is 0.383 e. The number of rotatable bonds is 3. The molecule has 0 bridgehead atoms. The molecular weight excluding hydrogens is 350 g/mol. The molecule has 1 aliphatic heterocycles. The summed E-state index contributed by atoms with van der Waals surface area (Å²) in [5.41, 5.74) is 9.37. The van der Waals surface area contributed by atoms with Crippen molar-refractivity contribution in [2.24, 2.45) is 11.3 Å². The molecule has 6 nitrogen and oxygen atoms in total. The number of nitrogens with zero attached hydrogens (tertiary/aromatic N) is 2. The summed E-state index contributed by atoms with van der Waals surface area (Å²) in [4.78, 5) is 21.6. The van der Waals surface area contributed by atoms with E-state index in [9.17, 15) is 4.79 Å². The van der Waals surface area contributed by atoms with E-state index in [1.54, 1.807) is 6.20 Å². The van der Waals surface area contributed by atoms with Crippen LogP contribution in [0.4, 0.5) is 11.6 Å². The van der Waals surface area contributed by atoms with E-state index >= 15 is 0 Å². The van der Waals surface area contributed by atoms with Crippen LogP contribution in [0.15, 0.2) is 42.6 Å². The van der Waals surface area contributed by atoms with Crippen molar-refractivity contribution >= 4 is 28.3 Å². The second-order valence-corrected chi connectivity index (χ2v) is 8.03. The third kappa shape index (κ3) is 2.81. The van der Waals surface area contributed by atoms with Gasteiger partial charge in [-0.15, -0.1) is 0 Å². The Bertz CT molecular complexity index is 1090. The van der Waals surface area contributed by atoms with E-state index < -0.39 is 0 Å². The van der Waals surface area contributed by atoms with Gasteiger partial charge in [0.05, 0.1) is 5.69 Å². The second kappa shape index (κ2) is 6.27. The maximum Gasteiger partial charge on any atom is 0.229 e. The van der Waals surface area contributed by atoms with Crippen LogP contribution < -0.4 is 16.4 Å². The Kier molecular flexibility index (Phi) is 3.84. The number of hydrogen-bond acceptors (Lipinski definition) is 5. The number of benzene rings is 1. The Morgan fingerprint density at radius 3 is 2.96 bits per heavy atom. The number of pyridine rings is 2. The number of amides is 1. The van der Waals surface area contributed by atoms with Crippen LogP contribution in [0.2, 0.25) is 0 Å². The highest BCUT2D eigenvalue weighted by Crippen LogP contribution is 2.56. The minimum atomic E-state index is 0.0664. The van der Waals surface area contributed by atoms with Gasteiger partial charge in [0.2, 0.25) is 5.91 Å². The SMILES string of the molecule is Cc1ccccc1-c1cc2cc(NC(=O)[C@@H]3C[C@]34CCNC4)ncc2c(N)n1. The van der Waals surface area contributed by atoms with Crippen LogP contribution in [0.3, 0.4) is 0 Å². The average Bonchev–Trinajstić information content (AvgIpc) is 3.18. The summed E-state index contributed by atoms with van der Waals surface area (Å²) < 4.78 is 0. The highest BCUT2D eigenvalue weighted by Gasteiger charge is 2.58. The number of fused-ring (bicyclic) bond motifs is 1. The molecule has 3 aromatic rings. The van der Waals surface area contributed by atoms with E-state index in [1.807, 2.05) is 30.3 Å². The molecule has 2 aromatic heterocycles. The fourth-order valence-electron chi connectivity index (χ4n) is 4.41. The molecule has 0 radical (unpaired) electrons. The molecular formula is C22H23N5O. The lowest BCUT2D eigenvalue weighted by Crippen LogP contribution is -2.20. The fraction of sp³-hybridized carbons (Fsp3) is 0.318. The Hall–Kier alpha value is -2.99. The van der Waals surface area contributed by atoms with Gasteiger partial charge in [-0.2, -0.15) is 0 Å². The van der Waals surface area contributed by atoms with E-state index in [0.717, 1.165) is 53.5 Å². The van der Waals surface area contributed by atoms with Gasteiger partial charge in [-0.25, -0.2) is 9.97 Å². The van der Waals surface area contributed by atoms with Crippen molar-refractivity contribution < 1.29 is 4.79 Å². The minimum absolute atomic E-state index is 0.0664. The van der Waals surface area contributed by atoms with Gasteiger partial charge in [0.25, 0.3) is 0 Å². The molecule has 1 aliphatic carbocycles. The number of anilines is 2. The molecule has 1 amide bonds. The molecule has 1 aromatic carbocycles. The van der Waals surface area contributed by atoms with Gasteiger partial charge in [0, 0.05) is 29.6 Å². The Morgan fingerprint density at radius 2 is 2.18 bits per heavy atom. The molecule has 2 fully saturated rings. The van der Waals surface area contributed by atoms with E-state index in [1.165, 1.54) is 0 Å². The van der Waals surface area contributed by atoms with Gasteiger partial charge in [-0.3, -0.25) is 4.79 Å². The lowest BCUT2D eigenvalue weighted by atomic mass is 10.0. The number of nitrogens with one attached hydrogen (secondary N) is 2. The monoisotopic (exact) mass is 373 g/mol. The van der Waals surface area contributed by atoms with Crippen LogP contribution in [-0.4, -0.2) is 29.0 Å². The molecule has 1 saturated heterocycles. The zero-order chi connectivity index (χ0) is 19.3. The number of nitrogens with two attached hydrogens (primary N) is 1. The molecule has 5 rings (SSSR count). The first kappa shape index (κ1) is 17.1. The molecule has 28 heavy (non-hydrogen) atoms. The molecule has 3 heterocycles. The summed E-state index contributed by atoms with van der Waals surface area (Å²) in [5.74, 6) is 1.16. The predicted octanol–water partition coefficient (Wildman–Crippen LogP) is 3.13. The zero-order valence-electron chi connectivity index (χ0n) is 15.8. The van der Waals surface area contributed by atoms with Crippen LogP contribution in [0, 0.1) is 18.3 Å². The Balaban J connectivity index is 1.45. The summed E-state index contributed by atoms with van der Waals surface area (Å²) >= 11 is 0. The van der Waals surface area contributed by atoms with Crippen molar-refractivity contribution in [2.45, 2.75) is 19.8 Å². The van der Waals surface area contributed by atoms with Crippen LogP contribution in [-0.2, 0) is 4.79 Å². The van der Waals surface area contributed by atoms with E-state index in [4.69, 9.17) is 5.73 Å². The molecule has 2 aliphatic rings. The first-order chi connectivity index (χ1) is 13.6. The van der Waals surface area contributed by atoms with Crippen molar-refractivity contribution in [2.75, 3.05) is 24.1 Å². The minimum Gasteiger partial charge on any atom is -0.383 e. The van der Waals surface area contributed by atoms with Crippen molar-refractivity contribution in [1.29, 1.82) is 0 Å². The predicted molar refractivity (Wildman–Crippen MR) is 111 cm³/mol. The zero-order valence-corrected chi connectivity index (χ0v) is 15.8. The van der Waals surface area contributed by atoms with Gasteiger partial charge in [-0.1, -0.05) is 24.3 Å². The van der Waals surface area contributed by atoms with E-state index in [2.05, 4.69) is 33.6 Å². The molecule has 6 heteroatoms. The molecule has 4 N–H and O–H groups in total. The maximum absolute atomic E-state index is 12.7. The van der Waals surface area contributed by atoms with Gasteiger partial charge < -0.3 is 16.4 Å². The lowest BCUT2D eigenvalue weighted by molar-refractivity contribution is -0.118. The number of hydrogen-bond donors (Lipinski definition) is 3. The molecule has 2 atom stereocenters. The number of carbonyl (C=O) groups is 1. The van der Waals surface area contributed by atoms with Gasteiger partial charge in [-0.05, 0) is 54.8 Å². The van der Waals surface area contributed by atoms with Crippen LogP contribution in [0.5, 0.6) is 0 Å². The van der Waals surface area contributed by atoms with Crippen LogP contribution in [0.25, 0.3) is 22.0 Å². The smallest absolute Gasteiger partial charge is 0.229 e. The third-order valence-electron chi connectivity index (χ3n) is 6.20. The van der Waals surface area contributed by atoms with Crippen molar-refractivity contribution in [1.82, 2.24) is 15.3 Å². The summed E-state index contributed by atoms with van der Waals surface area (Å²) in [6.07, 6.45) is 3.74. The Labute approximate surface area is 163 Å². The van der Waals surface area contributed by atoms with Crippen LogP contribution in [0.1, 0.15) is 18.4 Å². The first-order valence-electron chi connectivity index (χ1n) is 9.70. The molecule has 1 spiro atoms. The summed E-state index contributed by atoms with van der Waals surface area (Å²) in [5, 5.41) is 8.07. The third-order valence-corrected chi connectivity index (χ3v) is 6.20. The maximum atomic E-state index is 12.7. The van der Waals surface area contributed by atoms with Gasteiger partial charge >= 0.3 is 0 Å². The average molecular weight is 373 g/mol. The summed E-state index contributed by atoms with van der Waals surface area (Å²) in [6, 6.07) is 12.0. The topological polar surface area (TPSA) is 92.9 Å². The van der Waals surface area contributed by atoms with E-state index in [-0.39, 0.29) is 17.2 Å². The number of nitrogen functional groups attached to an aromatic ring is 1. The fourth-order valence-corrected chi connectivity index (χ4v) is 4.41. The molecule has 0 unspecified atom stereocenters. The Morgan fingerprint density at radius 1 is 1.32 bits per heavy atom.